The van der Waals surface area contributed by atoms with E-state index in [-0.39, 0.29) is 0 Å². The van der Waals surface area contributed by atoms with Crippen LogP contribution in [0, 0.1) is 0 Å². The maximum absolute atomic E-state index is 5.84. The Morgan fingerprint density at radius 2 is 1.75 bits per heavy atom. The summed E-state index contributed by atoms with van der Waals surface area (Å²) in [6.07, 6.45) is 5.08. The third-order valence-corrected chi connectivity index (χ3v) is 4.85. The predicted molar refractivity (Wildman–Crippen MR) is 101 cm³/mol. The highest BCUT2D eigenvalue weighted by molar-refractivity contribution is 5.29. The van der Waals surface area contributed by atoms with E-state index in [1.54, 1.807) is 0 Å². The van der Waals surface area contributed by atoms with Crippen molar-refractivity contribution in [2.45, 2.75) is 45.6 Å². The third kappa shape index (κ3) is 5.76. The molecule has 0 aromatic heterocycles. The van der Waals surface area contributed by atoms with Crippen LogP contribution >= 0.6 is 0 Å². The molecule has 1 heterocycles. The highest BCUT2D eigenvalue weighted by Gasteiger charge is 2.22. The van der Waals surface area contributed by atoms with Crippen molar-refractivity contribution in [3.05, 3.63) is 29.8 Å². The quantitative estimate of drug-likeness (QED) is 0.640. The first-order valence-corrected chi connectivity index (χ1v) is 9.50. The summed E-state index contributed by atoms with van der Waals surface area (Å²) < 4.78 is 5.84. The Hall–Kier alpha value is -1.10. The molecular formula is C20H35N3O. The van der Waals surface area contributed by atoms with Crippen LogP contribution < -0.4 is 4.74 Å². The maximum Gasteiger partial charge on any atom is 0.119 e. The van der Waals surface area contributed by atoms with Gasteiger partial charge < -0.3 is 9.64 Å². The molecule has 1 aromatic carbocycles. The lowest BCUT2D eigenvalue weighted by molar-refractivity contribution is -0.0653. The highest BCUT2D eigenvalue weighted by atomic mass is 16.5. The number of hydrazine groups is 1. The van der Waals surface area contributed by atoms with Crippen molar-refractivity contribution >= 4 is 0 Å². The van der Waals surface area contributed by atoms with Crippen LogP contribution in [0.3, 0.4) is 0 Å². The predicted octanol–water partition coefficient (Wildman–Crippen LogP) is 3.80. The van der Waals surface area contributed by atoms with Gasteiger partial charge in [-0.05, 0) is 58.0 Å². The Kier molecular flexibility index (Phi) is 8.03. The van der Waals surface area contributed by atoms with Gasteiger partial charge in [0.05, 0.1) is 6.61 Å². The van der Waals surface area contributed by atoms with Crippen molar-refractivity contribution in [2.24, 2.45) is 0 Å². The lowest BCUT2D eigenvalue weighted by Crippen LogP contribution is -2.46. The van der Waals surface area contributed by atoms with Gasteiger partial charge in [0.15, 0.2) is 0 Å². The van der Waals surface area contributed by atoms with Crippen molar-refractivity contribution in [1.29, 1.82) is 0 Å². The largest absolute Gasteiger partial charge is 0.494 e. The SMILES string of the molecule is CCN(C(C)c1ccc(OCCCN(C)C)cc1)N1CCCCC1. The zero-order valence-corrected chi connectivity index (χ0v) is 16.0. The van der Waals surface area contributed by atoms with Crippen LogP contribution in [0.2, 0.25) is 0 Å². The smallest absolute Gasteiger partial charge is 0.119 e. The minimum atomic E-state index is 0.413. The average molecular weight is 334 g/mol. The first kappa shape index (κ1) is 19.2. The molecule has 1 atom stereocenters. The van der Waals surface area contributed by atoms with Crippen LogP contribution in [-0.2, 0) is 0 Å². The van der Waals surface area contributed by atoms with E-state index in [0.29, 0.717) is 6.04 Å². The van der Waals surface area contributed by atoms with E-state index < -0.39 is 0 Å². The molecule has 0 radical (unpaired) electrons. The Morgan fingerprint density at radius 1 is 1.08 bits per heavy atom. The number of rotatable bonds is 9. The van der Waals surface area contributed by atoms with Crippen molar-refractivity contribution in [1.82, 2.24) is 14.9 Å². The summed E-state index contributed by atoms with van der Waals surface area (Å²) in [5, 5.41) is 5.06. The van der Waals surface area contributed by atoms with E-state index in [0.717, 1.165) is 31.9 Å². The molecule has 1 aromatic rings. The van der Waals surface area contributed by atoms with Gasteiger partial charge in [-0.3, -0.25) is 0 Å². The number of hydrogen-bond acceptors (Lipinski definition) is 4. The summed E-state index contributed by atoms with van der Waals surface area (Å²) in [5.41, 5.74) is 1.36. The van der Waals surface area contributed by atoms with Crippen molar-refractivity contribution in [2.75, 3.05) is 46.9 Å². The summed E-state index contributed by atoms with van der Waals surface area (Å²) in [5.74, 6) is 0.978. The van der Waals surface area contributed by atoms with Crippen molar-refractivity contribution < 1.29 is 4.74 Å². The molecule has 1 aliphatic heterocycles. The third-order valence-electron chi connectivity index (χ3n) is 4.85. The molecule has 2 rings (SSSR count). The highest BCUT2D eigenvalue weighted by Crippen LogP contribution is 2.25. The fourth-order valence-electron chi connectivity index (χ4n) is 3.44. The van der Waals surface area contributed by atoms with Crippen LogP contribution in [-0.4, -0.2) is 61.8 Å². The molecule has 0 saturated carbocycles. The minimum absolute atomic E-state index is 0.413. The lowest BCUT2D eigenvalue weighted by Gasteiger charge is -2.40. The van der Waals surface area contributed by atoms with Crippen molar-refractivity contribution in [3.8, 4) is 5.75 Å². The fourth-order valence-corrected chi connectivity index (χ4v) is 3.44. The summed E-state index contributed by atoms with van der Waals surface area (Å²) in [6.45, 7) is 9.87. The maximum atomic E-state index is 5.84. The molecule has 1 saturated heterocycles. The Bertz CT molecular complexity index is 454. The van der Waals surface area contributed by atoms with Gasteiger partial charge in [0.2, 0.25) is 0 Å². The van der Waals surface area contributed by atoms with Crippen LogP contribution in [0.15, 0.2) is 24.3 Å². The molecule has 0 amide bonds. The van der Waals surface area contributed by atoms with Gasteiger partial charge in [-0.25, -0.2) is 10.0 Å². The molecule has 4 nitrogen and oxygen atoms in total. The molecule has 1 fully saturated rings. The molecule has 136 valence electrons. The van der Waals surface area contributed by atoms with Gasteiger partial charge >= 0.3 is 0 Å². The number of piperidine rings is 1. The summed E-state index contributed by atoms with van der Waals surface area (Å²) in [7, 11) is 4.19. The molecule has 0 N–H and O–H groups in total. The standard InChI is InChI=1S/C20H35N3O/c1-5-23(22-15-7-6-8-16-22)18(2)19-10-12-20(13-11-19)24-17-9-14-21(3)4/h10-13,18H,5-9,14-17H2,1-4H3. The second-order valence-corrected chi connectivity index (χ2v) is 7.02. The second kappa shape index (κ2) is 10.0. The number of ether oxygens (including phenoxy) is 1. The molecule has 1 aliphatic rings. The topological polar surface area (TPSA) is 19.0 Å². The normalized spacial score (nSPS) is 17.4. The number of hydrogen-bond donors (Lipinski definition) is 0. The molecule has 0 aliphatic carbocycles. The Labute approximate surface area is 148 Å². The molecule has 0 bridgehead atoms. The van der Waals surface area contributed by atoms with Gasteiger partial charge in [-0.2, -0.15) is 0 Å². The van der Waals surface area contributed by atoms with E-state index in [1.165, 1.54) is 37.9 Å². The molecule has 1 unspecified atom stereocenters. The van der Waals surface area contributed by atoms with Crippen LogP contribution in [0.4, 0.5) is 0 Å². The average Bonchev–Trinajstić information content (AvgIpc) is 2.60. The van der Waals surface area contributed by atoms with Gasteiger partial charge in [0.25, 0.3) is 0 Å². The van der Waals surface area contributed by atoms with Crippen LogP contribution in [0.1, 0.15) is 51.1 Å². The number of nitrogens with zero attached hydrogens (tertiary/aromatic N) is 3. The minimum Gasteiger partial charge on any atom is -0.494 e. The van der Waals surface area contributed by atoms with Gasteiger partial charge in [0.1, 0.15) is 5.75 Å². The molecule has 24 heavy (non-hydrogen) atoms. The van der Waals surface area contributed by atoms with E-state index in [2.05, 4.69) is 67.1 Å². The lowest BCUT2D eigenvalue weighted by atomic mass is 10.1. The molecule has 4 heteroatoms. The van der Waals surface area contributed by atoms with Crippen molar-refractivity contribution in [3.63, 3.8) is 0 Å². The van der Waals surface area contributed by atoms with E-state index in [9.17, 15) is 0 Å². The summed E-state index contributed by atoms with van der Waals surface area (Å²) >= 11 is 0. The van der Waals surface area contributed by atoms with E-state index in [1.807, 2.05) is 0 Å². The van der Waals surface area contributed by atoms with Crippen LogP contribution in [0.25, 0.3) is 0 Å². The first-order chi connectivity index (χ1) is 11.6. The molecular weight excluding hydrogens is 298 g/mol. The summed E-state index contributed by atoms with van der Waals surface area (Å²) in [4.78, 5) is 2.19. The zero-order chi connectivity index (χ0) is 17.4. The Balaban J connectivity index is 1.88. The van der Waals surface area contributed by atoms with Gasteiger partial charge in [-0.1, -0.05) is 25.5 Å². The first-order valence-electron chi connectivity index (χ1n) is 9.50. The Morgan fingerprint density at radius 3 is 2.33 bits per heavy atom. The summed E-state index contributed by atoms with van der Waals surface area (Å²) in [6, 6.07) is 9.09. The van der Waals surface area contributed by atoms with E-state index in [4.69, 9.17) is 4.74 Å². The monoisotopic (exact) mass is 333 g/mol. The van der Waals surface area contributed by atoms with Crippen LogP contribution in [0.5, 0.6) is 5.75 Å². The van der Waals surface area contributed by atoms with Gasteiger partial charge in [-0.15, -0.1) is 0 Å². The van der Waals surface area contributed by atoms with Gasteiger partial charge in [0, 0.05) is 32.2 Å². The second-order valence-electron chi connectivity index (χ2n) is 7.02. The number of benzene rings is 1. The fraction of sp³-hybridized carbons (Fsp3) is 0.700. The van der Waals surface area contributed by atoms with E-state index >= 15 is 0 Å². The zero-order valence-electron chi connectivity index (χ0n) is 16.0. The molecule has 0 spiro atoms.